The zero-order chi connectivity index (χ0) is 16.4. The van der Waals surface area contributed by atoms with E-state index in [1.54, 1.807) is 11.1 Å². The van der Waals surface area contributed by atoms with Crippen LogP contribution in [-0.2, 0) is 19.4 Å². The lowest BCUT2D eigenvalue weighted by atomic mass is 10.00. The molecule has 1 unspecified atom stereocenters. The molecule has 126 valence electrons. The molecule has 2 aliphatic rings. The van der Waals surface area contributed by atoms with Crippen LogP contribution in [0.15, 0.2) is 48.5 Å². The second-order valence-corrected chi connectivity index (χ2v) is 7.87. The van der Waals surface area contributed by atoms with Crippen LogP contribution in [0.3, 0.4) is 0 Å². The quantitative estimate of drug-likeness (QED) is 0.685. The summed E-state index contributed by atoms with van der Waals surface area (Å²) in [7, 11) is 2.28. The molecule has 0 amide bonds. The molecule has 0 saturated heterocycles. The average Bonchev–Trinajstić information content (AvgIpc) is 3.38. The molecule has 2 atom stereocenters. The van der Waals surface area contributed by atoms with Crippen LogP contribution in [0.25, 0.3) is 0 Å². The smallest absolute Gasteiger partial charge is 0.0230 e. The van der Waals surface area contributed by atoms with E-state index in [1.807, 2.05) is 0 Å². The molecule has 0 spiro atoms. The van der Waals surface area contributed by atoms with Crippen molar-refractivity contribution in [3.8, 4) is 0 Å². The van der Waals surface area contributed by atoms with Crippen molar-refractivity contribution in [2.45, 2.75) is 51.0 Å². The van der Waals surface area contributed by atoms with Gasteiger partial charge in [-0.25, -0.2) is 0 Å². The van der Waals surface area contributed by atoms with Crippen LogP contribution in [0.2, 0.25) is 0 Å². The van der Waals surface area contributed by atoms with E-state index >= 15 is 0 Å². The van der Waals surface area contributed by atoms with Gasteiger partial charge in [0.1, 0.15) is 0 Å². The van der Waals surface area contributed by atoms with E-state index in [-0.39, 0.29) is 0 Å². The van der Waals surface area contributed by atoms with Crippen molar-refractivity contribution in [1.29, 1.82) is 0 Å². The highest BCUT2D eigenvalue weighted by molar-refractivity contribution is 5.33. The van der Waals surface area contributed by atoms with Crippen molar-refractivity contribution < 1.29 is 0 Å². The molecular weight excluding hydrogens is 290 g/mol. The number of benzene rings is 2. The Morgan fingerprint density at radius 1 is 0.917 bits per heavy atom. The van der Waals surface area contributed by atoms with Crippen LogP contribution in [0.4, 0.5) is 0 Å². The Labute approximate surface area is 146 Å². The summed E-state index contributed by atoms with van der Waals surface area (Å²) in [5.74, 6) is 1.64. The lowest BCUT2D eigenvalue weighted by Crippen LogP contribution is -2.21. The van der Waals surface area contributed by atoms with Gasteiger partial charge in [0, 0.05) is 13.1 Å². The first kappa shape index (κ1) is 15.9. The summed E-state index contributed by atoms with van der Waals surface area (Å²) in [4.78, 5) is 2.52. The fraction of sp³-hybridized carbons (Fsp3) is 0.478. The maximum atomic E-state index is 2.52. The summed E-state index contributed by atoms with van der Waals surface area (Å²) in [5.41, 5.74) is 6.24. The van der Waals surface area contributed by atoms with Crippen molar-refractivity contribution in [2.75, 3.05) is 13.6 Å². The van der Waals surface area contributed by atoms with E-state index in [2.05, 4.69) is 60.5 Å². The zero-order valence-corrected chi connectivity index (χ0v) is 14.9. The van der Waals surface area contributed by atoms with Gasteiger partial charge < -0.3 is 4.90 Å². The molecule has 2 aromatic rings. The van der Waals surface area contributed by atoms with Crippen LogP contribution in [0.5, 0.6) is 0 Å². The molecule has 2 aliphatic carbocycles. The molecule has 1 saturated carbocycles. The van der Waals surface area contributed by atoms with Crippen LogP contribution < -0.4 is 0 Å². The Balaban J connectivity index is 1.34. The molecular formula is C23H29N. The first-order valence-electron chi connectivity index (χ1n) is 9.64. The zero-order valence-electron chi connectivity index (χ0n) is 14.9. The molecule has 0 bridgehead atoms. The fourth-order valence-electron chi connectivity index (χ4n) is 4.40. The van der Waals surface area contributed by atoms with E-state index in [1.165, 1.54) is 56.2 Å². The standard InChI is InChI=1S/C23H29N/c1-24(17-22-15-23(22)20-9-5-3-6-10-20)16-18-12-13-19-8-4-2-7-11-21(19)14-18/h3,5-6,9-10,12-14,22-23H,2,4,7-8,11,15-17H2,1H3/t22?,23-/m0/s1. The lowest BCUT2D eigenvalue weighted by Gasteiger charge is -2.18. The summed E-state index contributed by atoms with van der Waals surface area (Å²) < 4.78 is 0. The molecule has 0 aliphatic heterocycles. The van der Waals surface area contributed by atoms with Crippen molar-refractivity contribution in [1.82, 2.24) is 4.90 Å². The summed E-state index contributed by atoms with van der Waals surface area (Å²) in [6.07, 6.45) is 8.06. The average molecular weight is 319 g/mol. The normalized spacial score (nSPS) is 22.9. The molecule has 1 fully saturated rings. The second-order valence-electron chi connectivity index (χ2n) is 7.87. The highest BCUT2D eigenvalue weighted by atomic mass is 15.1. The van der Waals surface area contributed by atoms with Gasteiger partial charge in [0.05, 0.1) is 0 Å². The largest absolute Gasteiger partial charge is 0.302 e. The van der Waals surface area contributed by atoms with Crippen LogP contribution >= 0.6 is 0 Å². The van der Waals surface area contributed by atoms with Crippen molar-refractivity contribution in [2.24, 2.45) is 5.92 Å². The van der Waals surface area contributed by atoms with Gasteiger partial charge in [0.25, 0.3) is 0 Å². The molecule has 24 heavy (non-hydrogen) atoms. The van der Waals surface area contributed by atoms with Gasteiger partial charge in [0.15, 0.2) is 0 Å². The van der Waals surface area contributed by atoms with Gasteiger partial charge in [-0.2, -0.15) is 0 Å². The number of nitrogens with zero attached hydrogens (tertiary/aromatic N) is 1. The summed E-state index contributed by atoms with van der Waals surface area (Å²) in [6.45, 7) is 2.31. The molecule has 1 nitrogen and oxygen atoms in total. The Hall–Kier alpha value is -1.60. The first-order valence-corrected chi connectivity index (χ1v) is 9.64. The van der Waals surface area contributed by atoms with Gasteiger partial charge >= 0.3 is 0 Å². The molecule has 4 rings (SSSR count). The fourth-order valence-corrected chi connectivity index (χ4v) is 4.40. The van der Waals surface area contributed by atoms with E-state index in [0.29, 0.717) is 0 Å². The van der Waals surface area contributed by atoms with Crippen LogP contribution in [0, 0.1) is 5.92 Å². The van der Waals surface area contributed by atoms with E-state index in [4.69, 9.17) is 0 Å². The Kier molecular flexibility index (Phi) is 4.71. The predicted molar refractivity (Wildman–Crippen MR) is 101 cm³/mol. The third-order valence-corrected chi connectivity index (χ3v) is 5.81. The topological polar surface area (TPSA) is 3.24 Å². The Bertz CT molecular complexity index is 676. The van der Waals surface area contributed by atoms with Crippen LogP contribution in [0.1, 0.15) is 53.9 Å². The monoisotopic (exact) mass is 319 g/mol. The number of hydrogen-bond donors (Lipinski definition) is 0. The van der Waals surface area contributed by atoms with Crippen molar-refractivity contribution in [3.05, 3.63) is 70.8 Å². The maximum Gasteiger partial charge on any atom is 0.0230 e. The maximum absolute atomic E-state index is 2.52. The van der Waals surface area contributed by atoms with Gasteiger partial charge in [-0.05, 0) is 73.2 Å². The van der Waals surface area contributed by atoms with Gasteiger partial charge in [0.2, 0.25) is 0 Å². The Morgan fingerprint density at radius 2 is 1.71 bits per heavy atom. The third-order valence-electron chi connectivity index (χ3n) is 5.81. The van der Waals surface area contributed by atoms with Gasteiger partial charge in [-0.1, -0.05) is 55.0 Å². The minimum atomic E-state index is 0.792. The second kappa shape index (κ2) is 7.11. The first-order chi connectivity index (χ1) is 11.8. The molecule has 0 N–H and O–H groups in total. The molecule has 0 heterocycles. The van der Waals surface area contributed by atoms with E-state index in [9.17, 15) is 0 Å². The SMILES string of the molecule is CN(Cc1ccc2c(c1)CCCCC2)CC1C[C@H]1c1ccccc1. The van der Waals surface area contributed by atoms with Gasteiger partial charge in [-0.3, -0.25) is 0 Å². The summed E-state index contributed by atoms with van der Waals surface area (Å²) >= 11 is 0. The van der Waals surface area contributed by atoms with Crippen molar-refractivity contribution >= 4 is 0 Å². The number of hydrogen-bond acceptors (Lipinski definition) is 1. The lowest BCUT2D eigenvalue weighted by molar-refractivity contribution is 0.310. The molecule has 0 radical (unpaired) electrons. The minimum absolute atomic E-state index is 0.792. The minimum Gasteiger partial charge on any atom is -0.302 e. The summed E-state index contributed by atoms with van der Waals surface area (Å²) in [5, 5.41) is 0. The number of rotatable bonds is 5. The number of fused-ring (bicyclic) bond motifs is 1. The molecule has 0 aromatic heterocycles. The Morgan fingerprint density at radius 3 is 2.54 bits per heavy atom. The van der Waals surface area contributed by atoms with Gasteiger partial charge in [-0.15, -0.1) is 0 Å². The number of aryl methyl sites for hydroxylation is 2. The highest BCUT2D eigenvalue weighted by Gasteiger charge is 2.38. The molecule has 2 aromatic carbocycles. The molecule has 1 heteroatoms. The summed E-state index contributed by atoms with van der Waals surface area (Å²) in [6, 6.07) is 18.3. The van der Waals surface area contributed by atoms with E-state index < -0.39 is 0 Å². The highest BCUT2D eigenvalue weighted by Crippen LogP contribution is 2.47. The third kappa shape index (κ3) is 3.72. The van der Waals surface area contributed by atoms with Crippen LogP contribution in [-0.4, -0.2) is 18.5 Å². The predicted octanol–water partition coefficient (Wildman–Crippen LogP) is 5.19. The van der Waals surface area contributed by atoms with Crippen molar-refractivity contribution in [3.63, 3.8) is 0 Å². The van der Waals surface area contributed by atoms with E-state index in [0.717, 1.165) is 18.4 Å².